The molecule has 1 fully saturated rings. The molecule has 3 amide bonds. The molecule has 1 atom stereocenters. The molecule has 8 nitrogen and oxygen atoms in total. The van der Waals surface area contributed by atoms with Crippen molar-refractivity contribution in [3.05, 3.63) is 0 Å². The molecule has 0 spiro atoms. The van der Waals surface area contributed by atoms with Crippen LogP contribution >= 0.6 is 11.8 Å². The molecule has 1 aliphatic rings. The standard InChI is InChI=1S/C10H14N2O6S/c13-6-11-7(9(15)16)1-4-19-5-8(14)12-2-3-18-10(12)17/h6-7H,1-5H2,(H,11,13)(H,15,16). The molecular formula is C10H14N2O6S. The average molecular weight is 290 g/mol. The van der Waals surface area contributed by atoms with E-state index in [9.17, 15) is 19.2 Å². The Hall–Kier alpha value is -1.77. The Morgan fingerprint density at radius 2 is 2.32 bits per heavy atom. The van der Waals surface area contributed by atoms with Crippen LogP contribution in [0.4, 0.5) is 4.79 Å². The Morgan fingerprint density at radius 1 is 1.58 bits per heavy atom. The number of ether oxygens (including phenoxy) is 1. The van der Waals surface area contributed by atoms with Gasteiger partial charge < -0.3 is 15.2 Å². The van der Waals surface area contributed by atoms with Gasteiger partial charge in [-0.25, -0.2) is 14.5 Å². The van der Waals surface area contributed by atoms with E-state index in [0.29, 0.717) is 12.2 Å². The first-order valence-corrected chi connectivity index (χ1v) is 6.69. The normalized spacial score (nSPS) is 15.8. The molecule has 1 saturated heterocycles. The number of thioether (sulfide) groups is 1. The zero-order chi connectivity index (χ0) is 14.3. The van der Waals surface area contributed by atoms with Crippen LogP contribution in [0.1, 0.15) is 6.42 Å². The molecule has 0 aliphatic carbocycles. The first-order chi connectivity index (χ1) is 9.06. The number of carboxylic acids is 1. The van der Waals surface area contributed by atoms with Crippen molar-refractivity contribution in [2.45, 2.75) is 12.5 Å². The van der Waals surface area contributed by atoms with Gasteiger partial charge in [0.15, 0.2) is 0 Å². The molecule has 9 heteroatoms. The second-order valence-electron chi connectivity index (χ2n) is 3.68. The quantitative estimate of drug-likeness (QED) is 0.448. The Kier molecular flexibility index (Phi) is 6.13. The van der Waals surface area contributed by atoms with Crippen molar-refractivity contribution in [2.24, 2.45) is 0 Å². The number of aliphatic carboxylic acids is 1. The molecule has 106 valence electrons. The van der Waals surface area contributed by atoms with Crippen LogP contribution in [0.3, 0.4) is 0 Å². The van der Waals surface area contributed by atoms with E-state index in [1.54, 1.807) is 0 Å². The van der Waals surface area contributed by atoms with E-state index in [0.717, 1.165) is 4.90 Å². The fraction of sp³-hybridized carbons (Fsp3) is 0.600. The van der Waals surface area contributed by atoms with Crippen LogP contribution < -0.4 is 5.32 Å². The summed E-state index contributed by atoms with van der Waals surface area (Å²) in [6.07, 6.45) is -0.109. The smallest absolute Gasteiger partial charge is 0.416 e. The zero-order valence-electron chi connectivity index (χ0n) is 10.0. The number of hydrogen-bond acceptors (Lipinski definition) is 6. The van der Waals surface area contributed by atoms with Crippen molar-refractivity contribution in [1.29, 1.82) is 0 Å². The van der Waals surface area contributed by atoms with E-state index in [4.69, 9.17) is 5.11 Å². The van der Waals surface area contributed by atoms with Crippen molar-refractivity contribution in [3.63, 3.8) is 0 Å². The molecule has 0 aromatic heterocycles. The van der Waals surface area contributed by atoms with Gasteiger partial charge in [-0.1, -0.05) is 0 Å². The lowest BCUT2D eigenvalue weighted by molar-refractivity contribution is -0.140. The van der Waals surface area contributed by atoms with Crippen molar-refractivity contribution in [2.75, 3.05) is 24.7 Å². The minimum atomic E-state index is -1.12. The lowest BCUT2D eigenvalue weighted by Gasteiger charge is -2.12. The van der Waals surface area contributed by atoms with Crippen LogP contribution in [-0.4, -0.2) is 65.1 Å². The number of cyclic esters (lactones) is 1. The number of carbonyl (C=O) groups excluding carboxylic acids is 3. The summed E-state index contributed by atoms with van der Waals surface area (Å²) in [5.74, 6) is -1.03. The lowest BCUT2D eigenvalue weighted by Crippen LogP contribution is -2.36. The fourth-order valence-electron chi connectivity index (χ4n) is 1.42. The Labute approximate surface area is 113 Å². The van der Waals surface area contributed by atoms with Gasteiger partial charge in [-0.3, -0.25) is 9.59 Å². The third-order valence-electron chi connectivity index (χ3n) is 2.41. The van der Waals surface area contributed by atoms with Crippen LogP contribution in [0.15, 0.2) is 0 Å². The minimum Gasteiger partial charge on any atom is -0.480 e. The van der Waals surface area contributed by atoms with Gasteiger partial charge >= 0.3 is 12.1 Å². The molecular weight excluding hydrogens is 276 g/mol. The molecule has 1 aliphatic heterocycles. The van der Waals surface area contributed by atoms with Crippen LogP contribution in [0, 0.1) is 0 Å². The molecule has 1 rings (SSSR count). The average Bonchev–Trinajstić information content (AvgIpc) is 2.79. The zero-order valence-corrected chi connectivity index (χ0v) is 10.9. The van der Waals surface area contributed by atoms with E-state index in [1.165, 1.54) is 11.8 Å². The van der Waals surface area contributed by atoms with Gasteiger partial charge in [-0.2, -0.15) is 11.8 Å². The third kappa shape index (κ3) is 4.78. The molecule has 2 N–H and O–H groups in total. The summed E-state index contributed by atoms with van der Waals surface area (Å²) in [6, 6.07) is -0.961. The highest BCUT2D eigenvalue weighted by molar-refractivity contribution is 7.99. The Morgan fingerprint density at radius 3 is 2.84 bits per heavy atom. The maximum absolute atomic E-state index is 11.6. The second kappa shape index (κ2) is 7.62. The second-order valence-corrected chi connectivity index (χ2v) is 4.78. The number of nitrogens with one attached hydrogen (secondary N) is 1. The molecule has 1 unspecified atom stereocenters. The summed E-state index contributed by atoms with van der Waals surface area (Å²) in [5.41, 5.74) is 0. The van der Waals surface area contributed by atoms with Gasteiger partial charge in [0.1, 0.15) is 12.6 Å². The van der Waals surface area contributed by atoms with Crippen LogP contribution in [0.5, 0.6) is 0 Å². The summed E-state index contributed by atoms with van der Waals surface area (Å²) < 4.78 is 4.62. The van der Waals surface area contributed by atoms with Gasteiger partial charge in [0.2, 0.25) is 12.3 Å². The van der Waals surface area contributed by atoms with E-state index in [2.05, 4.69) is 10.1 Å². The molecule has 0 aromatic rings. The maximum Gasteiger partial charge on any atom is 0.416 e. The SMILES string of the molecule is O=CNC(CCSCC(=O)N1CCOC1=O)C(=O)O. The molecule has 19 heavy (non-hydrogen) atoms. The first-order valence-electron chi connectivity index (χ1n) is 5.53. The van der Waals surface area contributed by atoms with Crippen molar-refractivity contribution >= 4 is 36.1 Å². The van der Waals surface area contributed by atoms with E-state index >= 15 is 0 Å². The van der Waals surface area contributed by atoms with Crippen molar-refractivity contribution < 1.29 is 29.0 Å². The lowest BCUT2D eigenvalue weighted by atomic mass is 10.2. The molecule has 1 heterocycles. The van der Waals surface area contributed by atoms with Gasteiger partial charge in [0, 0.05) is 0 Å². The van der Waals surface area contributed by atoms with Crippen LogP contribution in [0.2, 0.25) is 0 Å². The number of nitrogens with zero attached hydrogens (tertiary/aromatic N) is 1. The topological polar surface area (TPSA) is 113 Å². The van der Waals surface area contributed by atoms with Gasteiger partial charge in [-0.15, -0.1) is 0 Å². The number of carboxylic acid groups (broad SMARTS) is 1. The van der Waals surface area contributed by atoms with E-state index in [1.807, 2.05) is 0 Å². The summed E-state index contributed by atoms with van der Waals surface area (Å²) >= 11 is 1.20. The summed E-state index contributed by atoms with van der Waals surface area (Å²) in [5, 5.41) is 10.9. The first kappa shape index (κ1) is 15.3. The van der Waals surface area contributed by atoms with Gasteiger partial charge in [0.05, 0.1) is 12.3 Å². The third-order valence-corrected chi connectivity index (χ3v) is 3.38. The number of amides is 3. The molecule has 0 radical (unpaired) electrons. The monoisotopic (exact) mass is 290 g/mol. The van der Waals surface area contributed by atoms with Crippen LogP contribution in [-0.2, 0) is 19.1 Å². The highest BCUT2D eigenvalue weighted by atomic mass is 32.2. The van der Waals surface area contributed by atoms with E-state index in [-0.39, 0.29) is 31.2 Å². The summed E-state index contributed by atoms with van der Waals surface area (Å²) in [6.45, 7) is 0.461. The molecule has 0 saturated carbocycles. The Balaban J connectivity index is 2.22. The highest BCUT2D eigenvalue weighted by Gasteiger charge is 2.27. The van der Waals surface area contributed by atoms with Crippen molar-refractivity contribution in [3.8, 4) is 0 Å². The number of imide groups is 1. The van der Waals surface area contributed by atoms with Gasteiger partial charge in [-0.05, 0) is 12.2 Å². The largest absolute Gasteiger partial charge is 0.480 e. The minimum absolute atomic E-state index is 0.0720. The predicted octanol–water partition coefficient (Wildman–Crippen LogP) is -0.712. The summed E-state index contributed by atoms with van der Waals surface area (Å²) in [4.78, 5) is 44.6. The predicted molar refractivity (Wildman–Crippen MR) is 65.6 cm³/mol. The number of hydrogen-bond donors (Lipinski definition) is 2. The Bertz CT molecular complexity index is 375. The van der Waals surface area contributed by atoms with Gasteiger partial charge in [0.25, 0.3) is 0 Å². The van der Waals surface area contributed by atoms with Crippen molar-refractivity contribution in [1.82, 2.24) is 10.2 Å². The molecule has 0 aromatic carbocycles. The molecule has 0 bridgehead atoms. The van der Waals surface area contributed by atoms with Crippen LogP contribution in [0.25, 0.3) is 0 Å². The maximum atomic E-state index is 11.6. The number of carbonyl (C=O) groups is 4. The summed E-state index contributed by atoms with van der Waals surface area (Å²) in [7, 11) is 0. The van der Waals surface area contributed by atoms with E-state index < -0.39 is 18.1 Å². The highest BCUT2D eigenvalue weighted by Crippen LogP contribution is 2.10. The number of rotatable bonds is 8. The fourth-order valence-corrected chi connectivity index (χ4v) is 2.30.